The van der Waals surface area contributed by atoms with E-state index in [1.54, 1.807) is 0 Å². The molecule has 5 heteroatoms. The van der Waals surface area contributed by atoms with E-state index in [1.807, 2.05) is 47.8 Å². The van der Waals surface area contributed by atoms with Gasteiger partial charge < -0.3 is 10.1 Å². The highest BCUT2D eigenvalue weighted by molar-refractivity contribution is 5.44. The van der Waals surface area contributed by atoms with Crippen LogP contribution in [0.15, 0.2) is 42.5 Å². The van der Waals surface area contributed by atoms with Gasteiger partial charge in [-0.05, 0) is 30.7 Å². The van der Waals surface area contributed by atoms with E-state index < -0.39 is 0 Å². The van der Waals surface area contributed by atoms with Gasteiger partial charge in [-0.3, -0.25) is 0 Å². The van der Waals surface area contributed by atoms with E-state index in [0.717, 1.165) is 23.5 Å². The second-order valence-corrected chi connectivity index (χ2v) is 5.31. The number of benzene rings is 1. The molecule has 0 spiro atoms. The zero-order chi connectivity index (χ0) is 14.2. The molecule has 0 bridgehead atoms. The van der Waals surface area contributed by atoms with Crippen LogP contribution in [0.4, 0.5) is 5.95 Å². The number of nitrogens with zero attached hydrogens (tertiary/aromatic N) is 3. The van der Waals surface area contributed by atoms with Gasteiger partial charge >= 0.3 is 0 Å². The maximum atomic E-state index is 5.90. The van der Waals surface area contributed by atoms with E-state index in [1.165, 1.54) is 5.56 Å². The first kappa shape index (κ1) is 12.2. The topological polar surface area (TPSA) is 51.5 Å². The van der Waals surface area contributed by atoms with Crippen molar-refractivity contribution in [3.8, 4) is 5.75 Å². The van der Waals surface area contributed by atoms with Crippen molar-refractivity contribution in [1.29, 1.82) is 0 Å². The lowest BCUT2D eigenvalue weighted by Gasteiger charge is -2.10. The number of anilines is 1. The molecular formula is C16H16N4O. The summed E-state index contributed by atoms with van der Waals surface area (Å²) in [6, 6.07) is 14.1. The summed E-state index contributed by atoms with van der Waals surface area (Å²) >= 11 is 0. The number of fused-ring (bicyclic) bond motifs is 2. The summed E-state index contributed by atoms with van der Waals surface area (Å²) in [6.07, 6.45) is 1.06. The van der Waals surface area contributed by atoms with Crippen LogP contribution >= 0.6 is 0 Å². The number of ether oxygens (including phenoxy) is 1. The smallest absolute Gasteiger partial charge is 0.243 e. The second-order valence-electron chi connectivity index (χ2n) is 5.31. The van der Waals surface area contributed by atoms with Gasteiger partial charge in [0.15, 0.2) is 5.65 Å². The van der Waals surface area contributed by atoms with Crippen LogP contribution < -0.4 is 10.1 Å². The first-order valence-electron chi connectivity index (χ1n) is 7.10. The first-order valence-corrected chi connectivity index (χ1v) is 7.10. The molecule has 1 unspecified atom stereocenters. The summed E-state index contributed by atoms with van der Waals surface area (Å²) in [5, 5.41) is 7.73. The molecule has 3 aromatic rings. The number of rotatable bonds is 3. The Morgan fingerprint density at radius 2 is 2.14 bits per heavy atom. The zero-order valence-corrected chi connectivity index (χ0v) is 11.8. The van der Waals surface area contributed by atoms with Crippen LogP contribution in [-0.2, 0) is 6.42 Å². The Morgan fingerprint density at radius 3 is 3.00 bits per heavy atom. The second kappa shape index (κ2) is 4.77. The minimum Gasteiger partial charge on any atom is -0.488 e. The van der Waals surface area contributed by atoms with Crippen LogP contribution in [0.2, 0.25) is 0 Å². The maximum absolute atomic E-state index is 5.90. The van der Waals surface area contributed by atoms with Crippen LogP contribution in [-0.4, -0.2) is 27.2 Å². The Hall–Kier alpha value is -2.56. The predicted molar refractivity (Wildman–Crippen MR) is 80.8 cm³/mol. The van der Waals surface area contributed by atoms with Crippen molar-refractivity contribution in [2.75, 3.05) is 11.9 Å². The van der Waals surface area contributed by atoms with Crippen molar-refractivity contribution in [1.82, 2.24) is 14.6 Å². The standard InChI is InChI=1S/C16H16N4O/c1-11-5-4-8-15-18-16(19-20(11)15)17-10-13-9-12-6-2-3-7-14(12)21-13/h2-8,13H,9-10H2,1H3,(H,17,19). The van der Waals surface area contributed by atoms with Crippen molar-refractivity contribution >= 4 is 11.6 Å². The fraction of sp³-hybridized carbons (Fsp3) is 0.250. The van der Waals surface area contributed by atoms with E-state index in [-0.39, 0.29) is 6.10 Å². The van der Waals surface area contributed by atoms with Gasteiger partial charge in [0.25, 0.3) is 0 Å². The van der Waals surface area contributed by atoms with Crippen molar-refractivity contribution < 1.29 is 4.74 Å². The number of pyridine rings is 1. The lowest BCUT2D eigenvalue weighted by atomic mass is 10.1. The monoisotopic (exact) mass is 280 g/mol. The van der Waals surface area contributed by atoms with Gasteiger partial charge in [-0.2, -0.15) is 4.98 Å². The lowest BCUT2D eigenvalue weighted by Crippen LogP contribution is -2.24. The molecule has 0 aliphatic carbocycles. The molecule has 106 valence electrons. The summed E-state index contributed by atoms with van der Waals surface area (Å²) in [7, 11) is 0. The van der Waals surface area contributed by atoms with Crippen LogP contribution in [0.1, 0.15) is 11.3 Å². The van der Waals surface area contributed by atoms with Crippen molar-refractivity contribution in [2.45, 2.75) is 19.4 Å². The molecule has 1 N–H and O–H groups in total. The molecule has 2 aromatic heterocycles. The highest BCUT2D eigenvalue weighted by atomic mass is 16.5. The molecule has 21 heavy (non-hydrogen) atoms. The molecule has 1 aliphatic rings. The highest BCUT2D eigenvalue weighted by Crippen LogP contribution is 2.28. The fourth-order valence-corrected chi connectivity index (χ4v) is 2.68. The fourth-order valence-electron chi connectivity index (χ4n) is 2.68. The SMILES string of the molecule is Cc1cccc2nc(NCC3Cc4ccccc4O3)nn12. The molecular weight excluding hydrogens is 264 g/mol. The van der Waals surface area contributed by atoms with Crippen molar-refractivity contribution in [3.05, 3.63) is 53.7 Å². The van der Waals surface area contributed by atoms with Gasteiger partial charge in [0.05, 0.1) is 6.54 Å². The third-order valence-corrected chi connectivity index (χ3v) is 3.75. The minimum atomic E-state index is 0.134. The zero-order valence-electron chi connectivity index (χ0n) is 11.8. The molecule has 1 atom stereocenters. The van der Waals surface area contributed by atoms with E-state index in [4.69, 9.17) is 4.74 Å². The lowest BCUT2D eigenvalue weighted by molar-refractivity contribution is 0.246. The number of nitrogens with one attached hydrogen (secondary N) is 1. The summed E-state index contributed by atoms with van der Waals surface area (Å²) in [6.45, 7) is 2.72. The molecule has 0 saturated heterocycles. The van der Waals surface area contributed by atoms with Crippen LogP contribution in [0, 0.1) is 6.92 Å². The summed E-state index contributed by atoms with van der Waals surface area (Å²) in [5.74, 6) is 1.63. The van der Waals surface area contributed by atoms with Crippen LogP contribution in [0.5, 0.6) is 5.75 Å². The molecule has 0 saturated carbocycles. The first-order chi connectivity index (χ1) is 10.3. The number of aromatic nitrogens is 3. The molecule has 1 aromatic carbocycles. The van der Waals surface area contributed by atoms with E-state index in [9.17, 15) is 0 Å². The van der Waals surface area contributed by atoms with Crippen LogP contribution in [0.3, 0.4) is 0 Å². The number of para-hydroxylation sites is 1. The molecule has 4 rings (SSSR count). The number of aryl methyl sites for hydroxylation is 1. The normalized spacial score (nSPS) is 16.7. The minimum absolute atomic E-state index is 0.134. The Kier molecular flexibility index (Phi) is 2.77. The molecule has 0 radical (unpaired) electrons. The third kappa shape index (κ3) is 2.20. The maximum Gasteiger partial charge on any atom is 0.243 e. The molecule has 5 nitrogen and oxygen atoms in total. The number of hydrogen-bond donors (Lipinski definition) is 1. The molecule has 3 heterocycles. The third-order valence-electron chi connectivity index (χ3n) is 3.75. The Balaban J connectivity index is 1.46. The summed E-state index contributed by atoms with van der Waals surface area (Å²) in [5.41, 5.74) is 3.19. The predicted octanol–water partition coefficient (Wildman–Crippen LogP) is 2.45. The Bertz CT molecular complexity index is 771. The van der Waals surface area contributed by atoms with Gasteiger partial charge in [0, 0.05) is 12.1 Å². The quantitative estimate of drug-likeness (QED) is 0.800. The van der Waals surface area contributed by atoms with E-state index in [0.29, 0.717) is 12.5 Å². The molecule has 1 aliphatic heterocycles. The number of hydrogen-bond acceptors (Lipinski definition) is 4. The molecule has 0 fully saturated rings. The van der Waals surface area contributed by atoms with E-state index >= 15 is 0 Å². The van der Waals surface area contributed by atoms with Gasteiger partial charge in [0.1, 0.15) is 11.9 Å². The van der Waals surface area contributed by atoms with E-state index in [2.05, 4.69) is 21.5 Å². The summed E-state index contributed by atoms with van der Waals surface area (Å²) in [4.78, 5) is 4.47. The largest absolute Gasteiger partial charge is 0.488 e. The summed E-state index contributed by atoms with van der Waals surface area (Å²) < 4.78 is 7.74. The van der Waals surface area contributed by atoms with Gasteiger partial charge in [-0.1, -0.05) is 24.3 Å². The van der Waals surface area contributed by atoms with Gasteiger partial charge in [-0.25, -0.2) is 4.52 Å². The Labute approximate surface area is 122 Å². The Morgan fingerprint density at radius 1 is 1.24 bits per heavy atom. The van der Waals surface area contributed by atoms with Crippen molar-refractivity contribution in [2.24, 2.45) is 0 Å². The average Bonchev–Trinajstić information content (AvgIpc) is 3.09. The van der Waals surface area contributed by atoms with Crippen LogP contribution in [0.25, 0.3) is 5.65 Å². The highest BCUT2D eigenvalue weighted by Gasteiger charge is 2.22. The molecule has 0 amide bonds. The average molecular weight is 280 g/mol. The van der Waals surface area contributed by atoms with Gasteiger partial charge in [0.2, 0.25) is 5.95 Å². The van der Waals surface area contributed by atoms with Gasteiger partial charge in [-0.15, -0.1) is 5.10 Å². The van der Waals surface area contributed by atoms with Crippen molar-refractivity contribution in [3.63, 3.8) is 0 Å².